The molecule has 7 nitrogen and oxygen atoms in total. The summed E-state index contributed by atoms with van der Waals surface area (Å²) in [5.74, 6) is -0.713. The SMILES string of the molecule is CNC(=O)c1ccc(-c2ccc(C3CS(=O)(=O)CCC3NS(=O)(=O)C(C)C)cc2)cc1. The number of carbonyl (C=O) groups excluding carboxylic acids is 1. The molecule has 2 aromatic carbocycles. The van der Waals surface area contributed by atoms with E-state index in [0.29, 0.717) is 5.56 Å². The molecule has 2 atom stereocenters. The van der Waals surface area contributed by atoms with Crippen LogP contribution in [0.25, 0.3) is 11.1 Å². The van der Waals surface area contributed by atoms with Crippen LogP contribution in [0.2, 0.25) is 0 Å². The molecule has 1 heterocycles. The minimum Gasteiger partial charge on any atom is -0.355 e. The minimum absolute atomic E-state index is 0.0233. The fourth-order valence-corrected chi connectivity index (χ4v) is 6.41. The third-order valence-electron chi connectivity index (χ3n) is 5.64. The van der Waals surface area contributed by atoms with Gasteiger partial charge in [0.15, 0.2) is 9.84 Å². The van der Waals surface area contributed by atoms with E-state index in [2.05, 4.69) is 10.0 Å². The Kier molecular flexibility index (Phi) is 6.88. The van der Waals surface area contributed by atoms with E-state index < -0.39 is 37.1 Å². The van der Waals surface area contributed by atoms with Crippen LogP contribution in [0.1, 0.15) is 42.1 Å². The molecule has 1 saturated heterocycles. The van der Waals surface area contributed by atoms with Crippen LogP contribution in [0, 0.1) is 0 Å². The fraction of sp³-hybridized carbons (Fsp3) is 0.409. The Hall–Kier alpha value is -2.23. The Bertz CT molecular complexity index is 1140. The molecule has 0 radical (unpaired) electrons. The summed E-state index contributed by atoms with van der Waals surface area (Å²) in [6.45, 7) is 3.20. The lowest BCUT2D eigenvalue weighted by Crippen LogP contribution is -2.48. The van der Waals surface area contributed by atoms with Crippen molar-refractivity contribution in [2.24, 2.45) is 0 Å². The average molecular weight is 465 g/mol. The molecule has 1 fully saturated rings. The van der Waals surface area contributed by atoms with Crippen LogP contribution >= 0.6 is 0 Å². The lowest BCUT2D eigenvalue weighted by Gasteiger charge is -2.32. The molecule has 0 aromatic heterocycles. The van der Waals surface area contributed by atoms with Crippen LogP contribution < -0.4 is 10.0 Å². The van der Waals surface area contributed by atoms with Gasteiger partial charge >= 0.3 is 0 Å². The van der Waals surface area contributed by atoms with E-state index in [0.717, 1.165) is 16.7 Å². The van der Waals surface area contributed by atoms with Crippen molar-refractivity contribution in [3.8, 4) is 11.1 Å². The number of hydrogen-bond donors (Lipinski definition) is 2. The van der Waals surface area contributed by atoms with Crippen molar-refractivity contribution < 1.29 is 21.6 Å². The van der Waals surface area contributed by atoms with Crippen molar-refractivity contribution in [3.05, 3.63) is 59.7 Å². The van der Waals surface area contributed by atoms with Gasteiger partial charge in [-0.25, -0.2) is 21.6 Å². The smallest absolute Gasteiger partial charge is 0.251 e. The highest BCUT2D eigenvalue weighted by atomic mass is 32.2. The van der Waals surface area contributed by atoms with Gasteiger partial charge in [-0.15, -0.1) is 0 Å². The van der Waals surface area contributed by atoms with E-state index in [9.17, 15) is 21.6 Å². The standard InChI is InChI=1S/C22H28N2O5S2/c1-15(2)31(28,29)24-21-12-13-30(26,27)14-20(21)18-8-4-16(5-9-18)17-6-10-19(11-7-17)22(25)23-3/h4-11,15,20-21,24H,12-14H2,1-3H3,(H,23,25). The molecular weight excluding hydrogens is 436 g/mol. The molecule has 0 spiro atoms. The number of sulfonamides is 1. The Labute approximate surface area is 184 Å². The highest BCUT2D eigenvalue weighted by Crippen LogP contribution is 2.31. The van der Waals surface area contributed by atoms with Crippen LogP contribution in [-0.2, 0) is 19.9 Å². The monoisotopic (exact) mass is 464 g/mol. The minimum atomic E-state index is -3.52. The van der Waals surface area contributed by atoms with Gasteiger partial charge in [0, 0.05) is 24.6 Å². The van der Waals surface area contributed by atoms with Crippen molar-refractivity contribution in [1.29, 1.82) is 0 Å². The largest absolute Gasteiger partial charge is 0.355 e. The maximum absolute atomic E-state index is 12.4. The van der Waals surface area contributed by atoms with Crippen LogP contribution in [0.15, 0.2) is 48.5 Å². The van der Waals surface area contributed by atoms with Gasteiger partial charge in [-0.3, -0.25) is 4.79 Å². The van der Waals surface area contributed by atoms with Crippen LogP contribution in [0.5, 0.6) is 0 Å². The highest BCUT2D eigenvalue weighted by molar-refractivity contribution is 7.91. The quantitative estimate of drug-likeness (QED) is 0.682. The van der Waals surface area contributed by atoms with Gasteiger partial charge in [-0.05, 0) is 49.1 Å². The lowest BCUT2D eigenvalue weighted by atomic mass is 9.90. The van der Waals surface area contributed by atoms with E-state index in [1.54, 1.807) is 33.0 Å². The second-order valence-electron chi connectivity index (χ2n) is 8.11. The molecule has 168 valence electrons. The van der Waals surface area contributed by atoms with Gasteiger partial charge < -0.3 is 5.32 Å². The zero-order valence-corrected chi connectivity index (χ0v) is 19.5. The van der Waals surface area contributed by atoms with Gasteiger partial charge in [-0.1, -0.05) is 36.4 Å². The molecule has 1 aliphatic heterocycles. The molecule has 1 amide bonds. The molecule has 9 heteroatoms. The maximum Gasteiger partial charge on any atom is 0.251 e. The summed E-state index contributed by atoms with van der Waals surface area (Å²) in [5.41, 5.74) is 3.19. The summed E-state index contributed by atoms with van der Waals surface area (Å²) >= 11 is 0. The predicted molar refractivity (Wildman–Crippen MR) is 122 cm³/mol. The Morgan fingerprint density at radius 1 is 1.00 bits per heavy atom. The molecule has 2 N–H and O–H groups in total. The number of nitrogens with one attached hydrogen (secondary N) is 2. The number of benzene rings is 2. The van der Waals surface area contributed by atoms with E-state index in [4.69, 9.17) is 0 Å². The first-order valence-corrected chi connectivity index (χ1v) is 13.5. The normalized spacial score (nSPS) is 21.0. The molecule has 31 heavy (non-hydrogen) atoms. The van der Waals surface area contributed by atoms with Crippen molar-refractivity contribution in [1.82, 2.24) is 10.0 Å². The molecule has 2 unspecified atom stereocenters. The first kappa shape index (κ1) is 23.4. The third-order valence-corrected chi connectivity index (χ3v) is 9.24. The van der Waals surface area contributed by atoms with Gasteiger partial charge in [0.05, 0.1) is 16.8 Å². The fourth-order valence-electron chi connectivity index (χ4n) is 3.68. The summed E-state index contributed by atoms with van der Waals surface area (Å²) < 4.78 is 52.0. The number of rotatable bonds is 6. The first-order valence-electron chi connectivity index (χ1n) is 10.2. The van der Waals surface area contributed by atoms with Gasteiger partial charge in [0.2, 0.25) is 10.0 Å². The van der Waals surface area contributed by atoms with E-state index in [1.807, 2.05) is 36.4 Å². The number of sulfone groups is 1. The van der Waals surface area contributed by atoms with E-state index in [-0.39, 0.29) is 23.8 Å². The maximum atomic E-state index is 12.4. The number of carbonyl (C=O) groups is 1. The summed E-state index contributed by atoms with van der Waals surface area (Å²) in [6, 6.07) is 14.2. The topological polar surface area (TPSA) is 109 Å². The summed E-state index contributed by atoms with van der Waals surface area (Å²) in [4.78, 5) is 11.7. The molecule has 2 aromatic rings. The predicted octanol–water partition coefficient (Wildman–Crippen LogP) is 2.31. The molecule has 3 rings (SSSR count). The zero-order chi connectivity index (χ0) is 22.8. The molecule has 0 aliphatic carbocycles. The van der Waals surface area contributed by atoms with Gasteiger partial charge in [-0.2, -0.15) is 0 Å². The summed E-state index contributed by atoms with van der Waals surface area (Å²) in [6.07, 6.45) is 0.252. The van der Waals surface area contributed by atoms with Gasteiger partial charge in [0.1, 0.15) is 0 Å². The zero-order valence-electron chi connectivity index (χ0n) is 17.8. The number of hydrogen-bond acceptors (Lipinski definition) is 5. The van der Waals surface area contributed by atoms with Crippen molar-refractivity contribution in [3.63, 3.8) is 0 Å². The molecule has 0 bridgehead atoms. The van der Waals surface area contributed by atoms with E-state index in [1.165, 1.54) is 0 Å². The van der Waals surface area contributed by atoms with Gasteiger partial charge in [0.25, 0.3) is 5.91 Å². The molecular formula is C22H28N2O5S2. The first-order chi connectivity index (χ1) is 14.5. The van der Waals surface area contributed by atoms with Crippen LogP contribution in [-0.4, -0.2) is 52.6 Å². The van der Waals surface area contributed by atoms with E-state index >= 15 is 0 Å². The Morgan fingerprint density at radius 2 is 1.55 bits per heavy atom. The van der Waals surface area contributed by atoms with Crippen LogP contribution in [0.3, 0.4) is 0 Å². The van der Waals surface area contributed by atoms with Crippen molar-refractivity contribution in [2.75, 3.05) is 18.6 Å². The summed E-state index contributed by atoms with van der Waals surface area (Å²) in [7, 11) is -5.18. The average Bonchev–Trinajstić information content (AvgIpc) is 2.74. The Balaban J connectivity index is 1.86. The highest BCUT2D eigenvalue weighted by Gasteiger charge is 2.36. The second kappa shape index (κ2) is 9.10. The Morgan fingerprint density at radius 3 is 2.06 bits per heavy atom. The molecule has 0 saturated carbocycles. The second-order valence-corrected chi connectivity index (χ2v) is 12.6. The third kappa shape index (κ3) is 5.53. The lowest BCUT2D eigenvalue weighted by molar-refractivity contribution is 0.0963. The molecule has 1 aliphatic rings. The number of amides is 1. The van der Waals surface area contributed by atoms with Crippen LogP contribution in [0.4, 0.5) is 0 Å². The summed E-state index contributed by atoms with van der Waals surface area (Å²) in [5, 5.41) is 1.99. The van der Waals surface area contributed by atoms with Crippen molar-refractivity contribution in [2.45, 2.75) is 37.5 Å². The van der Waals surface area contributed by atoms with Crippen molar-refractivity contribution >= 4 is 25.8 Å².